The number of sulfone groups is 1. The molecule has 3 rings (SSSR count). The van der Waals surface area contributed by atoms with Gasteiger partial charge in [0, 0.05) is 17.2 Å². The van der Waals surface area contributed by atoms with Crippen molar-refractivity contribution < 1.29 is 17.6 Å². The summed E-state index contributed by atoms with van der Waals surface area (Å²) >= 11 is 1.17. The van der Waals surface area contributed by atoms with E-state index in [-0.39, 0.29) is 16.3 Å². The number of benzene rings is 2. The van der Waals surface area contributed by atoms with E-state index in [4.69, 9.17) is 0 Å². The van der Waals surface area contributed by atoms with Crippen molar-refractivity contribution in [2.24, 2.45) is 0 Å². The molecule has 0 atom stereocenters. The van der Waals surface area contributed by atoms with Gasteiger partial charge in [-0.15, -0.1) is 11.3 Å². The van der Waals surface area contributed by atoms with Gasteiger partial charge in [-0.3, -0.25) is 10.1 Å². The lowest BCUT2D eigenvalue weighted by atomic mass is 10.2. The van der Waals surface area contributed by atoms with Gasteiger partial charge in [0.15, 0.2) is 15.0 Å². The monoisotopic (exact) mass is 376 g/mol. The van der Waals surface area contributed by atoms with E-state index in [1.54, 1.807) is 29.6 Å². The van der Waals surface area contributed by atoms with Crippen LogP contribution < -0.4 is 5.32 Å². The molecule has 3 aromatic rings. The van der Waals surface area contributed by atoms with Crippen molar-refractivity contribution in [1.82, 2.24) is 4.98 Å². The third-order valence-electron chi connectivity index (χ3n) is 3.38. The van der Waals surface area contributed by atoms with Crippen molar-refractivity contribution in [3.05, 3.63) is 65.3 Å². The number of carbonyl (C=O) groups excluding carboxylic acids is 1. The zero-order valence-electron chi connectivity index (χ0n) is 13.1. The van der Waals surface area contributed by atoms with Crippen LogP contribution in [0.3, 0.4) is 0 Å². The molecule has 0 aliphatic carbocycles. The fourth-order valence-corrected chi connectivity index (χ4v) is 3.85. The Kier molecular flexibility index (Phi) is 4.65. The predicted molar refractivity (Wildman–Crippen MR) is 95.0 cm³/mol. The number of nitrogens with one attached hydrogen (secondary N) is 1. The number of anilines is 1. The molecule has 0 aliphatic rings. The number of halogens is 1. The molecule has 1 aromatic heterocycles. The highest BCUT2D eigenvalue weighted by Crippen LogP contribution is 2.26. The average Bonchev–Trinajstić information content (AvgIpc) is 3.02. The Bertz CT molecular complexity index is 1050. The maximum Gasteiger partial charge on any atom is 0.258 e. The van der Waals surface area contributed by atoms with Crippen molar-refractivity contribution in [3.63, 3.8) is 0 Å². The summed E-state index contributed by atoms with van der Waals surface area (Å²) in [4.78, 5) is 16.6. The summed E-state index contributed by atoms with van der Waals surface area (Å²) in [5, 5.41) is 4.57. The SMILES string of the molecule is CS(=O)(=O)c1ccccc1C(=O)Nc1nc(-c2cccc(F)c2)cs1. The number of carbonyl (C=O) groups is 1. The van der Waals surface area contributed by atoms with Crippen molar-refractivity contribution in [2.75, 3.05) is 11.6 Å². The third kappa shape index (κ3) is 3.92. The number of nitrogens with zero attached hydrogens (tertiary/aromatic N) is 1. The van der Waals surface area contributed by atoms with Gasteiger partial charge in [0.25, 0.3) is 5.91 Å². The van der Waals surface area contributed by atoms with E-state index in [1.165, 1.54) is 35.6 Å². The number of hydrogen-bond donors (Lipinski definition) is 1. The van der Waals surface area contributed by atoms with Crippen LogP contribution in [0, 0.1) is 5.82 Å². The Balaban J connectivity index is 1.86. The minimum Gasteiger partial charge on any atom is -0.298 e. The molecule has 0 spiro atoms. The van der Waals surface area contributed by atoms with Gasteiger partial charge in [0.2, 0.25) is 0 Å². The molecule has 8 heteroatoms. The van der Waals surface area contributed by atoms with Crippen molar-refractivity contribution in [1.29, 1.82) is 0 Å². The van der Waals surface area contributed by atoms with Crippen LogP contribution in [0.15, 0.2) is 58.8 Å². The van der Waals surface area contributed by atoms with Crippen LogP contribution in [0.5, 0.6) is 0 Å². The topological polar surface area (TPSA) is 76.1 Å². The molecule has 0 bridgehead atoms. The average molecular weight is 376 g/mol. The van der Waals surface area contributed by atoms with Gasteiger partial charge in [0.1, 0.15) is 5.82 Å². The van der Waals surface area contributed by atoms with Crippen molar-refractivity contribution in [3.8, 4) is 11.3 Å². The summed E-state index contributed by atoms with van der Waals surface area (Å²) in [6.45, 7) is 0. The quantitative estimate of drug-likeness (QED) is 0.755. The maximum absolute atomic E-state index is 13.3. The molecule has 2 aromatic carbocycles. The Morgan fingerprint density at radius 3 is 2.64 bits per heavy atom. The summed E-state index contributed by atoms with van der Waals surface area (Å²) in [6, 6.07) is 11.9. The van der Waals surface area contributed by atoms with Crippen LogP contribution >= 0.6 is 11.3 Å². The second-order valence-corrected chi connectivity index (χ2v) is 8.11. The van der Waals surface area contributed by atoms with Gasteiger partial charge in [-0.1, -0.05) is 24.3 Å². The van der Waals surface area contributed by atoms with Gasteiger partial charge in [0.05, 0.1) is 16.2 Å². The lowest BCUT2D eigenvalue weighted by Gasteiger charge is -2.07. The van der Waals surface area contributed by atoms with E-state index in [2.05, 4.69) is 10.3 Å². The van der Waals surface area contributed by atoms with E-state index < -0.39 is 15.7 Å². The first-order valence-corrected chi connectivity index (χ1v) is 9.93. The zero-order chi connectivity index (χ0) is 18.0. The predicted octanol–water partition coefficient (Wildman–Crippen LogP) is 3.61. The highest BCUT2D eigenvalue weighted by atomic mass is 32.2. The van der Waals surface area contributed by atoms with E-state index in [0.29, 0.717) is 16.4 Å². The molecule has 128 valence electrons. The van der Waals surface area contributed by atoms with Crippen LogP contribution in [0.25, 0.3) is 11.3 Å². The van der Waals surface area contributed by atoms with Gasteiger partial charge < -0.3 is 0 Å². The molecule has 0 unspecified atom stereocenters. The van der Waals surface area contributed by atoms with Gasteiger partial charge >= 0.3 is 0 Å². The fourth-order valence-electron chi connectivity index (χ4n) is 2.25. The standard InChI is InChI=1S/C17H13FN2O3S2/c1-25(22,23)15-8-3-2-7-13(15)16(21)20-17-19-14(10-24-17)11-5-4-6-12(18)9-11/h2-10H,1H3,(H,19,20,21). The minimum atomic E-state index is -3.53. The number of amides is 1. The summed E-state index contributed by atoms with van der Waals surface area (Å²) in [5.41, 5.74) is 1.16. The largest absolute Gasteiger partial charge is 0.298 e. The van der Waals surface area contributed by atoms with E-state index >= 15 is 0 Å². The highest BCUT2D eigenvalue weighted by Gasteiger charge is 2.19. The number of rotatable bonds is 4. The Hall–Kier alpha value is -2.58. The number of thiazole rings is 1. The van der Waals surface area contributed by atoms with Crippen molar-refractivity contribution >= 4 is 32.2 Å². The molecule has 0 radical (unpaired) electrons. The first-order valence-electron chi connectivity index (χ1n) is 7.16. The van der Waals surface area contributed by atoms with E-state index in [1.807, 2.05) is 0 Å². The van der Waals surface area contributed by atoms with E-state index in [9.17, 15) is 17.6 Å². The van der Waals surface area contributed by atoms with Crippen molar-refractivity contribution in [2.45, 2.75) is 4.90 Å². The van der Waals surface area contributed by atoms with Gasteiger partial charge in [-0.25, -0.2) is 17.8 Å². The third-order valence-corrected chi connectivity index (χ3v) is 5.29. The smallest absolute Gasteiger partial charge is 0.258 e. The molecular weight excluding hydrogens is 363 g/mol. The summed E-state index contributed by atoms with van der Waals surface area (Å²) < 4.78 is 36.9. The molecule has 1 heterocycles. The highest BCUT2D eigenvalue weighted by molar-refractivity contribution is 7.90. The normalized spacial score (nSPS) is 11.3. The summed E-state index contributed by atoms with van der Waals surface area (Å²) in [5.74, 6) is -0.945. The van der Waals surface area contributed by atoms with Crippen LogP contribution in [0.2, 0.25) is 0 Å². The Morgan fingerprint density at radius 1 is 1.16 bits per heavy atom. The molecule has 1 N–H and O–H groups in total. The molecule has 25 heavy (non-hydrogen) atoms. The molecule has 0 saturated heterocycles. The Morgan fingerprint density at radius 2 is 1.92 bits per heavy atom. The molecule has 5 nitrogen and oxygen atoms in total. The number of hydrogen-bond acceptors (Lipinski definition) is 5. The van der Waals surface area contributed by atoms with E-state index in [0.717, 1.165) is 6.26 Å². The van der Waals surface area contributed by atoms with Crippen LogP contribution in [-0.4, -0.2) is 25.6 Å². The summed E-state index contributed by atoms with van der Waals surface area (Å²) in [7, 11) is -3.53. The van der Waals surface area contributed by atoms with Crippen LogP contribution in [0.1, 0.15) is 10.4 Å². The fraction of sp³-hybridized carbons (Fsp3) is 0.0588. The first-order chi connectivity index (χ1) is 11.8. The second kappa shape index (κ2) is 6.73. The van der Waals surface area contributed by atoms with Gasteiger partial charge in [-0.2, -0.15) is 0 Å². The first kappa shape index (κ1) is 17.2. The Labute approximate surface area is 148 Å². The number of aromatic nitrogens is 1. The van der Waals surface area contributed by atoms with Crippen LogP contribution in [0.4, 0.5) is 9.52 Å². The van der Waals surface area contributed by atoms with Crippen LogP contribution in [-0.2, 0) is 9.84 Å². The molecule has 1 amide bonds. The molecule has 0 fully saturated rings. The second-order valence-electron chi connectivity index (χ2n) is 5.27. The zero-order valence-corrected chi connectivity index (χ0v) is 14.7. The van der Waals surface area contributed by atoms with Gasteiger partial charge in [-0.05, 0) is 24.3 Å². The molecule has 0 saturated carbocycles. The minimum absolute atomic E-state index is 0.0468. The maximum atomic E-state index is 13.3. The molecule has 0 aliphatic heterocycles. The molecular formula is C17H13FN2O3S2. The lowest BCUT2D eigenvalue weighted by molar-refractivity contribution is 0.102. The summed E-state index contributed by atoms with van der Waals surface area (Å²) in [6.07, 6.45) is 1.05. The lowest BCUT2D eigenvalue weighted by Crippen LogP contribution is -2.15.